The van der Waals surface area contributed by atoms with Gasteiger partial charge in [0.05, 0.1) is 6.10 Å². The minimum absolute atomic E-state index is 0.447. The Kier molecular flexibility index (Phi) is 3.44. The van der Waals surface area contributed by atoms with E-state index in [9.17, 15) is 5.11 Å². The van der Waals surface area contributed by atoms with Crippen LogP contribution in [0.4, 0.5) is 5.82 Å². The van der Waals surface area contributed by atoms with Gasteiger partial charge in [-0.1, -0.05) is 6.07 Å². The topological polar surface area (TPSA) is 36.4 Å². The number of hydrogen-bond donors (Lipinski definition) is 1. The van der Waals surface area contributed by atoms with Crippen molar-refractivity contribution >= 4 is 5.82 Å². The number of aliphatic hydroxyl groups is 1. The van der Waals surface area contributed by atoms with Crippen LogP contribution in [0, 0.1) is 5.92 Å². The second-order valence-electron chi connectivity index (χ2n) is 4.57. The molecule has 1 atom stereocenters. The minimum Gasteiger partial charge on any atom is -0.389 e. The summed E-state index contributed by atoms with van der Waals surface area (Å²) in [5, 5.41) is 9.73. The first-order valence-corrected chi connectivity index (χ1v) is 6.10. The lowest BCUT2D eigenvalue weighted by Crippen LogP contribution is -2.27. The van der Waals surface area contributed by atoms with Gasteiger partial charge in [-0.25, -0.2) is 4.98 Å². The van der Waals surface area contributed by atoms with Gasteiger partial charge >= 0.3 is 0 Å². The van der Waals surface area contributed by atoms with Gasteiger partial charge in [-0.15, -0.1) is 0 Å². The number of rotatable bonds is 5. The lowest BCUT2D eigenvalue weighted by molar-refractivity contribution is 0.199. The Morgan fingerprint density at radius 2 is 2.31 bits per heavy atom. The van der Waals surface area contributed by atoms with Gasteiger partial charge in [0.25, 0.3) is 0 Å². The van der Waals surface area contributed by atoms with Gasteiger partial charge in [-0.05, 0) is 38.7 Å². The molecular formula is C13H20N2O. The maximum Gasteiger partial charge on any atom is 0.134 e. The van der Waals surface area contributed by atoms with E-state index in [4.69, 9.17) is 0 Å². The fraction of sp³-hybridized carbons (Fsp3) is 0.615. The zero-order valence-electron chi connectivity index (χ0n) is 10.1. The highest BCUT2D eigenvalue weighted by molar-refractivity contribution is 5.47. The van der Waals surface area contributed by atoms with Crippen LogP contribution in [-0.2, 0) is 0 Å². The van der Waals surface area contributed by atoms with Gasteiger partial charge < -0.3 is 10.0 Å². The highest BCUT2D eigenvalue weighted by atomic mass is 16.3. The summed E-state index contributed by atoms with van der Waals surface area (Å²) in [5.41, 5.74) is 0.935. The Hall–Kier alpha value is -1.09. The predicted octanol–water partition coefficient (Wildman–Crippen LogP) is 2.37. The number of aliphatic hydroxyl groups excluding tert-OH is 1. The van der Waals surface area contributed by atoms with E-state index < -0.39 is 6.10 Å². The van der Waals surface area contributed by atoms with Gasteiger partial charge in [0.1, 0.15) is 5.82 Å². The summed E-state index contributed by atoms with van der Waals surface area (Å²) in [6.07, 6.45) is 4.04. The Morgan fingerprint density at radius 3 is 2.88 bits per heavy atom. The summed E-state index contributed by atoms with van der Waals surface area (Å²) in [6, 6.07) is 3.85. The number of nitrogens with zero attached hydrogens (tertiary/aromatic N) is 2. The van der Waals surface area contributed by atoms with E-state index in [2.05, 4.69) is 16.8 Å². The van der Waals surface area contributed by atoms with Gasteiger partial charge in [-0.2, -0.15) is 0 Å². The molecule has 1 aromatic heterocycles. The third-order valence-corrected chi connectivity index (χ3v) is 3.12. The summed E-state index contributed by atoms with van der Waals surface area (Å²) in [5.74, 6) is 1.79. The average Bonchev–Trinajstić information content (AvgIpc) is 3.09. The molecule has 16 heavy (non-hydrogen) atoms. The molecule has 0 aromatic carbocycles. The molecule has 0 radical (unpaired) electrons. The van der Waals surface area contributed by atoms with Crippen LogP contribution >= 0.6 is 0 Å². The highest BCUT2D eigenvalue weighted by Gasteiger charge is 2.25. The van der Waals surface area contributed by atoms with Gasteiger partial charge in [-0.3, -0.25) is 0 Å². The number of hydrogen-bond acceptors (Lipinski definition) is 3. The summed E-state index contributed by atoms with van der Waals surface area (Å²) >= 11 is 0. The normalized spacial score (nSPS) is 17.2. The maximum atomic E-state index is 9.73. The monoisotopic (exact) mass is 220 g/mol. The van der Waals surface area contributed by atoms with E-state index in [1.807, 2.05) is 12.1 Å². The Bertz CT molecular complexity index is 348. The molecule has 0 aliphatic heterocycles. The van der Waals surface area contributed by atoms with Gasteiger partial charge in [0.15, 0.2) is 0 Å². The van der Waals surface area contributed by atoms with Crippen molar-refractivity contribution in [2.24, 2.45) is 5.92 Å². The van der Waals surface area contributed by atoms with Crippen LogP contribution in [0.15, 0.2) is 18.3 Å². The molecule has 0 spiro atoms. The van der Waals surface area contributed by atoms with E-state index >= 15 is 0 Å². The van der Waals surface area contributed by atoms with Crippen LogP contribution < -0.4 is 4.90 Å². The molecule has 1 saturated carbocycles. The van der Waals surface area contributed by atoms with E-state index in [-0.39, 0.29) is 0 Å². The molecule has 1 N–H and O–H groups in total. The molecule has 1 fully saturated rings. The summed E-state index contributed by atoms with van der Waals surface area (Å²) < 4.78 is 0. The summed E-state index contributed by atoms with van der Waals surface area (Å²) in [6.45, 7) is 5.97. The van der Waals surface area contributed by atoms with Crippen LogP contribution in [0.5, 0.6) is 0 Å². The fourth-order valence-corrected chi connectivity index (χ4v) is 1.98. The van der Waals surface area contributed by atoms with Crippen molar-refractivity contribution in [2.75, 3.05) is 18.0 Å². The molecule has 1 aliphatic carbocycles. The molecule has 0 amide bonds. The maximum absolute atomic E-state index is 9.73. The highest BCUT2D eigenvalue weighted by Crippen LogP contribution is 2.32. The lowest BCUT2D eigenvalue weighted by atomic mass is 10.1. The van der Waals surface area contributed by atoms with Crippen LogP contribution in [0.1, 0.15) is 38.4 Å². The van der Waals surface area contributed by atoms with Crippen molar-refractivity contribution in [3.05, 3.63) is 23.9 Å². The van der Waals surface area contributed by atoms with Crippen molar-refractivity contribution < 1.29 is 5.11 Å². The molecule has 1 aliphatic rings. The second-order valence-corrected chi connectivity index (χ2v) is 4.57. The van der Waals surface area contributed by atoms with Crippen LogP contribution in [-0.4, -0.2) is 23.2 Å². The molecule has 88 valence electrons. The van der Waals surface area contributed by atoms with Crippen LogP contribution in [0.3, 0.4) is 0 Å². The van der Waals surface area contributed by atoms with Crippen LogP contribution in [0.2, 0.25) is 0 Å². The lowest BCUT2D eigenvalue weighted by Gasteiger charge is -2.25. The smallest absolute Gasteiger partial charge is 0.134 e. The number of pyridine rings is 1. The predicted molar refractivity (Wildman–Crippen MR) is 65.5 cm³/mol. The van der Waals surface area contributed by atoms with E-state index in [0.717, 1.165) is 30.4 Å². The fourth-order valence-electron chi connectivity index (χ4n) is 1.98. The summed E-state index contributed by atoms with van der Waals surface area (Å²) in [4.78, 5) is 6.70. The third-order valence-electron chi connectivity index (χ3n) is 3.12. The molecule has 1 aromatic rings. The molecule has 2 rings (SSSR count). The molecule has 3 heteroatoms. The van der Waals surface area contributed by atoms with E-state index in [1.54, 1.807) is 13.1 Å². The zero-order chi connectivity index (χ0) is 11.5. The van der Waals surface area contributed by atoms with E-state index in [1.165, 1.54) is 12.8 Å². The minimum atomic E-state index is -0.447. The van der Waals surface area contributed by atoms with Crippen molar-refractivity contribution in [1.29, 1.82) is 0 Å². The Balaban J connectivity index is 2.21. The third kappa shape index (κ3) is 2.53. The largest absolute Gasteiger partial charge is 0.389 e. The zero-order valence-corrected chi connectivity index (χ0v) is 10.1. The first-order chi connectivity index (χ1) is 7.72. The van der Waals surface area contributed by atoms with Gasteiger partial charge in [0, 0.05) is 24.8 Å². The van der Waals surface area contributed by atoms with Crippen LogP contribution in [0.25, 0.3) is 0 Å². The molecular weight excluding hydrogens is 200 g/mol. The molecule has 1 heterocycles. The molecule has 0 bridgehead atoms. The standard InChI is InChI=1S/C13H20N2O/c1-3-15(9-11-6-7-11)13-12(10(2)16)5-4-8-14-13/h4-5,8,10-11,16H,3,6-7,9H2,1-2H3/t10-/m0/s1. The van der Waals surface area contributed by atoms with E-state index in [0.29, 0.717) is 0 Å². The Labute approximate surface area is 97.1 Å². The number of anilines is 1. The second kappa shape index (κ2) is 4.83. The SMILES string of the molecule is CCN(CC1CC1)c1ncccc1[C@H](C)O. The number of aromatic nitrogens is 1. The molecule has 0 unspecified atom stereocenters. The van der Waals surface area contributed by atoms with Crippen molar-refractivity contribution in [2.45, 2.75) is 32.8 Å². The average molecular weight is 220 g/mol. The van der Waals surface area contributed by atoms with Crippen molar-refractivity contribution in [3.8, 4) is 0 Å². The van der Waals surface area contributed by atoms with Gasteiger partial charge in [0.2, 0.25) is 0 Å². The summed E-state index contributed by atoms with van der Waals surface area (Å²) in [7, 11) is 0. The van der Waals surface area contributed by atoms with Crippen molar-refractivity contribution in [3.63, 3.8) is 0 Å². The molecule has 0 saturated heterocycles. The quantitative estimate of drug-likeness (QED) is 0.827. The first-order valence-electron chi connectivity index (χ1n) is 6.10. The molecule has 3 nitrogen and oxygen atoms in total. The van der Waals surface area contributed by atoms with Crippen molar-refractivity contribution in [1.82, 2.24) is 4.98 Å². The first kappa shape index (κ1) is 11.4. The Morgan fingerprint density at radius 1 is 1.56 bits per heavy atom.